The molecule has 0 atom stereocenters. The van der Waals surface area contributed by atoms with Gasteiger partial charge in [-0.2, -0.15) is 13.2 Å². The number of aromatic nitrogens is 1. The number of benzene rings is 3. The van der Waals surface area contributed by atoms with E-state index in [0.717, 1.165) is 49.9 Å². The lowest BCUT2D eigenvalue weighted by atomic mass is 10.0. The van der Waals surface area contributed by atoms with Crippen molar-refractivity contribution in [3.63, 3.8) is 0 Å². The molecule has 1 aliphatic heterocycles. The number of hydrogen-bond donors (Lipinski definition) is 1. The molecule has 2 heterocycles. The van der Waals surface area contributed by atoms with Gasteiger partial charge in [0.05, 0.1) is 11.3 Å². The summed E-state index contributed by atoms with van der Waals surface area (Å²) < 4.78 is 39.8. The molecule has 0 aliphatic carbocycles. The van der Waals surface area contributed by atoms with Crippen LogP contribution in [0.25, 0.3) is 11.3 Å². The van der Waals surface area contributed by atoms with E-state index < -0.39 is 11.7 Å². The molecule has 0 radical (unpaired) electrons. The fourth-order valence-electron chi connectivity index (χ4n) is 4.60. The van der Waals surface area contributed by atoms with Crippen molar-refractivity contribution in [1.29, 1.82) is 0 Å². The number of carbonyl (C=O) groups excluding carboxylic acids is 1. The molecule has 1 amide bonds. The van der Waals surface area contributed by atoms with Crippen molar-refractivity contribution in [2.75, 3.05) is 38.5 Å². The number of anilines is 1. The number of thiazole rings is 1. The van der Waals surface area contributed by atoms with E-state index in [1.807, 2.05) is 48.7 Å². The van der Waals surface area contributed by atoms with Gasteiger partial charge in [0.15, 0.2) is 5.13 Å². The lowest BCUT2D eigenvalue weighted by molar-refractivity contribution is -0.137. The van der Waals surface area contributed by atoms with E-state index in [9.17, 15) is 18.0 Å². The fourth-order valence-corrected chi connectivity index (χ4v) is 5.31. The molecule has 4 aromatic rings. The molecule has 0 saturated carbocycles. The quantitative estimate of drug-likeness (QED) is 0.275. The highest BCUT2D eigenvalue weighted by atomic mass is 32.1. The molecule has 1 N–H and O–H groups in total. The highest BCUT2D eigenvalue weighted by Crippen LogP contribution is 2.32. The van der Waals surface area contributed by atoms with Crippen LogP contribution in [0.5, 0.6) is 0 Å². The summed E-state index contributed by atoms with van der Waals surface area (Å²) in [6, 6.07) is 18.4. The topological polar surface area (TPSA) is 48.5 Å². The Morgan fingerprint density at radius 3 is 2.39 bits per heavy atom. The predicted molar refractivity (Wildman–Crippen MR) is 157 cm³/mol. The molecular weight excluding hydrogens is 545 g/mol. The SMILES string of the molecule is Cc1cc(-c2csc(NC(=O)c3ccc(CN4CCN(C)CC4)cc3)n2)ccc1C#Cc1ccccc1C(F)(F)F. The maximum absolute atomic E-state index is 13.3. The summed E-state index contributed by atoms with van der Waals surface area (Å²) in [6.07, 6.45) is -4.46. The molecule has 9 heteroatoms. The maximum atomic E-state index is 13.3. The second-order valence-corrected chi connectivity index (χ2v) is 10.9. The van der Waals surface area contributed by atoms with Crippen molar-refractivity contribution >= 4 is 22.4 Å². The number of alkyl halides is 3. The molecule has 0 unspecified atom stereocenters. The van der Waals surface area contributed by atoms with Crippen molar-refractivity contribution < 1.29 is 18.0 Å². The number of hydrogen-bond acceptors (Lipinski definition) is 5. The van der Waals surface area contributed by atoms with E-state index in [1.54, 1.807) is 12.1 Å². The van der Waals surface area contributed by atoms with E-state index in [0.29, 0.717) is 22.0 Å². The fraction of sp³-hybridized carbons (Fsp3) is 0.250. The van der Waals surface area contributed by atoms with Gasteiger partial charge in [-0.3, -0.25) is 15.0 Å². The molecule has 1 saturated heterocycles. The Morgan fingerprint density at radius 1 is 0.976 bits per heavy atom. The Bertz CT molecular complexity index is 1590. The third-order valence-corrected chi connectivity index (χ3v) is 7.79. The van der Waals surface area contributed by atoms with E-state index >= 15 is 0 Å². The minimum atomic E-state index is -4.46. The van der Waals surface area contributed by atoms with E-state index in [-0.39, 0.29) is 11.5 Å². The molecule has 5 nitrogen and oxygen atoms in total. The second-order valence-electron chi connectivity index (χ2n) is 10.1. The van der Waals surface area contributed by atoms with Crippen LogP contribution >= 0.6 is 11.3 Å². The first-order chi connectivity index (χ1) is 19.7. The summed E-state index contributed by atoms with van der Waals surface area (Å²) in [6.45, 7) is 6.93. The number of rotatable bonds is 5. The van der Waals surface area contributed by atoms with Gasteiger partial charge < -0.3 is 4.90 Å². The van der Waals surface area contributed by atoms with Gasteiger partial charge in [-0.05, 0) is 61.5 Å². The molecular formula is C32H29F3N4OS. The summed E-state index contributed by atoms with van der Waals surface area (Å²) in [7, 11) is 2.14. The highest BCUT2D eigenvalue weighted by Gasteiger charge is 2.32. The first-order valence-electron chi connectivity index (χ1n) is 13.2. The zero-order valence-electron chi connectivity index (χ0n) is 22.8. The number of aryl methyl sites for hydroxylation is 1. The average Bonchev–Trinajstić information content (AvgIpc) is 3.42. The van der Waals surface area contributed by atoms with Crippen molar-refractivity contribution in [2.24, 2.45) is 0 Å². The lowest BCUT2D eigenvalue weighted by Gasteiger charge is -2.32. The van der Waals surface area contributed by atoms with E-state index in [1.165, 1.54) is 29.0 Å². The largest absolute Gasteiger partial charge is 0.417 e. The molecule has 5 rings (SSSR count). The van der Waals surface area contributed by atoms with Crippen LogP contribution in [0.1, 0.15) is 38.2 Å². The number of carbonyl (C=O) groups is 1. The minimum absolute atomic E-state index is 0.0620. The Kier molecular flexibility index (Phi) is 8.54. The molecule has 1 fully saturated rings. The Labute approximate surface area is 241 Å². The Balaban J connectivity index is 1.22. The van der Waals surface area contributed by atoms with Crippen molar-refractivity contribution in [1.82, 2.24) is 14.8 Å². The van der Waals surface area contributed by atoms with Crippen molar-refractivity contribution in [2.45, 2.75) is 19.6 Å². The molecule has 41 heavy (non-hydrogen) atoms. The lowest BCUT2D eigenvalue weighted by Crippen LogP contribution is -2.43. The third-order valence-electron chi connectivity index (χ3n) is 7.03. The van der Waals surface area contributed by atoms with Crippen molar-refractivity contribution in [3.8, 4) is 23.1 Å². The monoisotopic (exact) mass is 574 g/mol. The standard InChI is InChI=1S/C32H29F3N4OS/c1-22-19-27(14-12-24(22)11-13-25-5-3-4-6-28(25)32(33,34)35)29-21-41-31(36-29)37-30(40)26-9-7-23(8-10-26)20-39-17-15-38(2)16-18-39/h3-10,12,14,19,21H,15-18,20H2,1-2H3,(H,36,37,40). The first kappa shape index (κ1) is 28.6. The zero-order valence-corrected chi connectivity index (χ0v) is 23.6. The summed E-state index contributed by atoms with van der Waals surface area (Å²) >= 11 is 1.33. The number of nitrogens with one attached hydrogen (secondary N) is 1. The zero-order chi connectivity index (χ0) is 29.0. The smallest absolute Gasteiger partial charge is 0.304 e. The summed E-state index contributed by atoms with van der Waals surface area (Å²) in [5.41, 5.74) is 3.89. The molecule has 1 aromatic heterocycles. The minimum Gasteiger partial charge on any atom is -0.304 e. The average molecular weight is 575 g/mol. The van der Waals surface area contributed by atoms with Gasteiger partial charge in [-0.25, -0.2) is 4.98 Å². The molecule has 3 aromatic carbocycles. The van der Waals surface area contributed by atoms with Crippen LogP contribution in [0, 0.1) is 18.8 Å². The highest BCUT2D eigenvalue weighted by molar-refractivity contribution is 7.14. The van der Waals surface area contributed by atoms with Crippen LogP contribution < -0.4 is 5.32 Å². The van der Waals surface area contributed by atoms with Crippen LogP contribution in [0.3, 0.4) is 0 Å². The van der Waals surface area contributed by atoms with E-state index in [4.69, 9.17) is 0 Å². The number of piperazine rings is 1. The Morgan fingerprint density at radius 2 is 1.68 bits per heavy atom. The summed E-state index contributed by atoms with van der Waals surface area (Å²) in [5, 5.41) is 5.21. The van der Waals surface area contributed by atoms with Crippen LogP contribution in [0.15, 0.2) is 72.1 Å². The first-order valence-corrected chi connectivity index (χ1v) is 14.1. The number of nitrogens with zero attached hydrogens (tertiary/aromatic N) is 3. The second kappa shape index (κ2) is 12.3. The summed E-state index contributed by atoms with van der Waals surface area (Å²) in [5.74, 6) is 5.31. The van der Waals surface area contributed by atoms with Crippen LogP contribution in [0.4, 0.5) is 18.3 Å². The van der Waals surface area contributed by atoms with Gasteiger partial charge in [0.2, 0.25) is 0 Å². The van der Waals surface area contributed by atoms with Gasteiger partial charge in [0.1, 0.15) is 0 Å². The number of halogens is 3. The van der Waals surface area contributed by atoms with Gasteiger partial charge in [-0.1, -0.05) is 42.2 Å². The maximum Gasteiger partial charge on any atom is 0.417 e. The predicted octanol–water partition coefficient (Wildman–Crippen LogP) is 6.54. The third kappa shape index (κ3) is 7.22. The molecule has 1 aliphatic rings. The van der Waals surface area contributed by atoms with Gasteiger partial charge in [-0.15, -0.1) is 11.3 Å². The van der Waals surface area contributed by atoms with Crippen LogP contribution in [0.2, 0.25) is 0 Å². The van der Waals surface area contributed by atoms with Gasteiger partial charge in [0.25, 0.3) is 5.91 Å². The van der Waals surface area contributed by atoms with Crippen LogP contribution in [-0.4, -0.2) is 53.9 Å². The summed E-state index contributed by atoms with van der Waals surface area (Å²) in [4.78, 5) is 22.1. The van der Waals surface area contributed by atoms with Gasteiger partial charge >= 0.3 is 6.18 Å². The normalized spacial score (nSPS) is 14.4. The molecule has 0 spiro atoms. The number of amides is 1. The van der Waals surface area contributed by atoms with Gasteiger partial charge in [0, 0.05) is 60.4 Å². The molecule has 210 valence electrons. The number of likely N-dealkylation sites (N-methyl/N-ethyl adjacent to an activating group) is 1. The molecule has 0 bridgehead atoms. The van der Waals surface area contributed by atoms with Crippen molar-refractivity contribution in [3.05, 3.63) is 105 Å². The van der Waals surface area contributed by atoms with Crippen LogP contribution in [-0.2, 0) is 12.7 Å². The Hall–Kier alpha value is -3.97. The van der Waals surface area contributed by atoms with E-state index in [2.05, 4.69) is 39.0 Å².